The van der Waals surface area contributed by atoms with Crippen LogP contribution in [0.3, 0.4) is 0 Å². The number of likely N-dealkylation sites (tertiary alicyclic amines) is 1. The molecule has 0 saturated carbocycles. The molecule has 3 atom stereocenters. The second-order valence-electron chi connectivity index (χ2n) is 7.21. The molecule has 3 unspecified atom stereocenters. The predicted molar refractivity (Wildman–Crippen MR) is 94.6 cm³/mol. The van der Waals surface area contributed by atoms with Crippen LogP contribution in [0.2, 0.25) is 0 Å². The molecule has 2 aliphatic heterocycles. The molecular weight excluding hydrogens is 369 g/mol. The number of carbonyl (C=O) groups excluding carboxylic acids is 2. The van der Waals surface area contributed by atoms with Crippen LogP contribution in [0.4, 0.5) is 4.79 Å². The van der Waals surface area contributed by atoms with Crippen LogP contribution < -0.4 is 0 Å². The summed E-state index contributed by atoms with van der Waals surface area (Å²) >= 11 is 1.61. The summed E-state index contributed by atoms with van der Waals surface area (Å²) in [5.41, 5.74) is 1.34. The number of amides is 1. The minimum atomic E-state index is -0.379. The second kappa shape index (κ2) is 7.60. The molecule has 1 aromatic rings. The zero-order valence-corrected chi connectivity index (χ0v) is 17.2. The molecule has 3 rings (SSSR count). The Labute approximate surface area is 152 Å². The molecule has 6 heteroatoms. The summed E-state index contributed by atoms with van der Waals surface area (Å²) in [6.45, 7) is 9.17. The molecule has 132 valence electrons. The van der Waals surface area contributed by atoms with E-state index in [2.05, 4.69) is 6.92 Å². The smallest absolute Gasteiger partial charge is 0.338 e. The van der Waals surface area contributed by atoms with Gasteiger partial charge in [0.25, 0.3) is 0 Å². The summed E-state index contributed by atoms with van der Waals surface area (Å²) in [7, 11) is 0. The van der Waals surface area contributed by atoms with Crippen molar-refractivity contribution in [3.63, 3.8) is 0 Å². The van der Waals surface area contributed by atoms with E-state index in [9.17, 15) is 9.59 Å². The summed E-state index contributed by atoms with van der Waals surface area (Å²) < 4.78 is 10.2. The second-order valence-corrected chi connectivity index (χ2v) is 8.64. The van der Waals surface area contributed by atoms with Crippen molar-refractivity contribution in [1.82, 2.24) is 4.90 Å². The van der Waals surface area contributed by atoms with E-state index >= 15 is 0 Å². The van der Waals surface area contributed by atoms with E-state index < -0.39 is 0 Å². The zero-order valence-electron chi connectivity index (χ0n) is 14.7. The zero-order chi connectivity index (χ0) is 17.9. The summed E-state index contributed by atoms with van der Waals surface area (Å²) in [5.74, 6) is 0.399. The van der Waals surface area contributed by atoms with E-state index in [0.717, 1.165) is 18.5 Å². The summed E-state index contributed by atoms with van der Waals surface area (Å²) in [4.78, 5) is 24.8. The van der Waals surface area contributed by atoms with Gasteiger partial charge in [-0.1, -0.05) is 12.1 Å². The number of esters is 1. The third-order valence-electron chi connectivity index (χ3n) is 3.93. The molecule has 0 spiro atoms. The Morgan fingerprint density at radius 3 is 2.62 bits per heavy atom. The standard InChI is InChI=1S/C10H20AsNO2.C8H6O2/c1-7-5-6-12(8(7)11)9(13)14-10(2,3)4;9-8-7-3-1-2-6(4-7)5-10-8/h7-8H,5-6,11H2,1-4H3;1-4H,5H2. The number of benzene rings is 1. The third kappa shape index (κ3) is 5.01. The molecular formula is C18H26AsNO4. The maximum Gasteiger partial charge on any atom is 0.338 e. The third-order valence-corrected chi connectivity index (χ3v) is 6.06. The number of rotatable bonds is 0. The molecule has 2 aliphatic rings. The van der Waals surface area contributed by atoms with Gasteiger partial charge in [-0.3, -0.25) is 0 Å². The Morgan fingerprint density at radius 2 is 2.08 bits per heavy atom. The molecule has 1 aromatic carbocycles. The number of carbonyl (C=O) groups is 2. The van der Waals surface area contributed by atoms with Crippen molar-refractivity contribution in [3.8, 4) is 0 Å². The van der Waals surface area contributed by atoms with Crippen molar-refractivity contribution in [2.75, 3.05) is 6.54 Å². The quantitative estimate of drug-likeness (QED) is 0.501. The van der Waals surface area contributed by atoms with Crippen LogP contribution >= 0.6 is 0 Å². The van der Waals surface area contributed by atoms with Gasteiger partial charge in [-0.15, -0.1) is 0 Å². The maximum absolute atomic E-state index is 11.7. The predicted octanol–water partition coefficient (Wildman–Crippen LogP) is 2.58. The molecule has 0 aliphatic carbocycles. The van der Waals surface area contributed by atoms with Crippen molar-refractivity contribution in [2.45, 2.75) is 51.2 Å². The van der Waals surface area contributed by atoms with Crippen LogP contribution in [0.15, 0.2) is 24.3 Å². The first-order valence-electron chi connectivity index (χ1n) is 8.18. The van der Waals surface area contributed by atoms with E-state index in [1.165, 1.54) is 0 Å². The minimum Gasteiger partial charge on any atom is -0.457 e. The van der Waals surface area contributed by atoms with Gasteiger partial charge in [0.2, 0.25) is 0 Å². The first kappa shape index (κ1) is 18.9. The molecule has 1 fully saturated rings. The van der Waals surface area contributed by atoms with Gasteiger partial charge in [0.1, 0.15) is 6.61 Å². The molecule has 0 aromatic heterocycles. The largest absolute Gasteiger partial charge is 0.457 e. The number of hydrogen-bond donors (Lipinski definition) is 0. The fourth-order valence-electron chi connectivity index (χ4n) is 2.52. The van der Waals surface area contributed by atoms with Crippen molar-refractivity contribution in [2.24, 2.45) is 5.92 Å². The van der Waals surface area contributed by atoms with Crippen LogP contribution in [0.25, 0.3) is 0 Å². The Hall–Kier alpha value is -1.48. The van der Waals surface area contributed by atoms with E-state index in [-0.39, 0.29) is 17.7 Å². The average Bonchev–Trinajstić information content (AvgIpc) is 2.83. The summed E-state index contributed by atoms with van der Waals surface area (Å²) in [6, 6.07) is 7.41. The Kier molecular flexibility index (Phi) is 5.97. The fraction of sp³-hybridized carbons (Fsp3) is 0.556. The molecule has 24 heavy (non-hydrogen) atoms. The number of fused-ring (bicyclic) bond motifs is 2. The van der Waals surface area contributed by atoms with Crippen LogP contribution in [-0.2, 0) is 16.1 Å². The molecule has 0 N–H and O–H groups in total. The van der Waals surface area contributed by atoms with Gasteiger partial charge in [-0.25, -0.2) is 4.79 Å². The normalized spacial score (nSPS) is 22.4. The van der Waals surface area contributed by atoms with E-state index in [0.29, 0.717) is 22.9 Å². The number of ether oxygens (including phenoxy) is 2. The average molecular weight is 395 g/mol. The van der Waals surface area contributed by atoms with E-state index in [4.69, 9.17) is 9.47 Å². The van der Waals surface area contributed by atoms with Crippen LogP contribution in [-0.4, -0.2) is 50.8 Å². The molecule has 1 saturated heterocycles. The summed E-state index contributed by atoms with van der Waals surface area (Å²) in [6.07, 6.45) is 0.943. The van der Waals surface area contributed by atoms with Gasteiger partial charge >= 0.3 is 100 Å². The monoisotopic (exact) mass is 395 g/mol. The molecule has 1 amide bonds. The first-order valence-corrected chi connectivity index (χ1v) is 9.58. The van der Waals surface area contributed by atoms with Crippen LogP contribution in [0, 0.1) is 5.92 Å². The number of hydrogen-bond acceptors (Lipinski definition) is 4. The topological polar surface area (TPSA) is 55.8 Å². The molecule has 2 heterocycles. The summed E-state index contributed by atoms with van der Waals surface area (Å²) in [5, 5.41) is 0. The van der Waals surface area contributed by atoms with Gasteiger partial charge in [0.15, 0.2) is 0 Å². The van der Waals surface area contributed by atoms with Crippen molar-refractivity contribution in [1.29, 1.82) is 0 Å². The first-order chi connectivity index (χ1) is 11.2. The van der Waals surface area contributed by atoms with Crippen molar-refractivity contribution < 1.29 is 19.1 Å². The van der Waals surface area contributed by atoms with Crippen molar-refractivity contribution >= 4 is 28.9 Å². The molecule has 2 bridgehead atoms. The molecule has 5 nitrogen and oxygen atoms in total. The van der Waals surface area contributed by atoms with Gasteiger partial charge < -0.3 is 4.74 Å². The maximum atomic E-state index is 11.7. The fourth-order valence-corrected chi connectivity index (χ4v) is 3.50. The van der Waals surface area contributed by atoms with E-state index in [1.807, 2.05) is 43.9 Å². The van der Waals surface area contributed by atoms with Gasteiger partial charge in [0, 0.05) is 0 Å². The van der Waals surface area contributed by atoms with Gasteiger partial charge in [-0.2, -0.15) is 0 Å². The molecule has 0 radical (unpaired) electrons. The Bertz CT molecular complexity index is 611. The Morgan fingerprint density at radius 1 is 1.38 bits per heavy atom. The minimum absolute atomic E-state index is 0.156. The number of nitrogens with zero attached hydrogens (tertiary/aromatic N) is 1. The van der Waals surface area contributed by atoms with Crippen LogP contribution in [0.5, 0.6) is 0 Å². The van der Waals surface area contributed by atoms with Gasteiger partial charge in [0.05, 0.1) is 5.56 Å². The van der Waals surface area contributed by atoms with Crippen molar-refractivity contribution in [3.05, 3.63) is 35.4 Å². The van der Waals surface area contributed by atoms with Gasteiger partial charge in [-0.05, 0) is 17.7 Å². The SMILES string of the molecule is CC1CCN(C(=O)OC(C)(C)C)C1[AsH2].O=C1OCc2cccc1c2. The van der Waals surface area contributed by atoms with E-state index in [1.54, 1.807) is 22.9 Å². The van der Waals surface area contributed by atoms with Crippen LogP contribution in [0.1, 0.15) is 50.0 Å². The number of cyclic esters (lactones) is 1. The Balaban J connectivity index is 0.000000182.